The number of hydrogen-bond donors (Lipinski definition) is 1. The summed E-state index contributed by atoms with van der Waals surface area (Å²) in [7, 11) is 1.69. The van der Waals surface area contributed by atoms with Gasteiger partial charge in [0, 0.05) is 36.8 Å². The number of guanidine groups is 1. The zero-order valence-electron chi connectivity index (χ0n) is 16.3. The predicted molar refractivity (Wildman–Crippen MR) is 108 cm³/mol. The summed E-state index contributed by atoms with van der Waals surface area (Å²) >= 11 is 0. The van der Waals surface area contributed by atoms with Gasteiger partial charge in [-0.25, -0.2) is 4.99 Å². The van der Waals surface area contributed by atoms with Crippen LogP contribution in [0.4, 0.5) is 0 Å². The first-order valence-corrected chi connectivity index (χ1v) is 9.41. The minimum absolute atomic E-state index is 0.0396. The number of carbonyl (C=O) groups excluding carboxylic acids is 1. The Morgan fingerprint density at radius 1 is 1.29 bits per heavy atom. The van der Waals surface area contributed by atoms with E-state index in [0.29, 0.717) is 5.92 Å². The SMILES string of the molecule is CC#Cc1cncc(-c2cc([C@@]3(C)N=C(N)N(C)C(=O)[C@@H]3C3CC3)ccn2)c1. The summed E-state index contributed by atoms with van der Waals surface area (Å²) in [4.78, 5) is 28.0. The smallest absolute Gasteiger partial charge is 0.235 e. The number of rotatable bonds is 3. The van der Waals surface area contributed by atoms with Gasteiger partial charge in [0.15, 0.2) is 5.96 Å². The van der Waals surface area contributed by atoms with E-state index in [9.17, 15) is 4.79 Å². The lowest BCUT2D eigenvalue weighted by Gasteiger charge is -2.41. The zero-order valence-corrected chi connectivity index (χ0v) is 16.3. The zero-order chi connectivity index (χ0) is 19.9. The first kappa shape index (κ1) is 18.2. The maximum atomic E-state index is 13.0. The monoisotopic (exact) mass is 373 g/mol. The topological polar surface area (TPSA) is 84.5 Å². The van der Waals surface area contributed by atoms with Crippen molar-refractivity contribution in [2.75, 3.05) is 7.05 Å². The first-order valence-electron chi connectivity index (χ1n) is 9.41. The second kappa shape index (κ2) is 6.75. The summed E-state index contributed by atoms with van der Waals surface area (Å²) in [6.07, 6.45) is 7.36. The Balaban J connectivity index is 1.80. The quantitative estimate of drug-likeness (QED) is 0.838. The van der Waals surface area contributed by atoms with Crippen LogP contribution in [-0.4, -0.2) is 33.8 Å². The lowest BCUT2D eigenvalue weighted by Crippen LogP contribution is -2.54. The first-order chi connectivity index (χ1) is 13.4. The third kappa shape index (κ3) is 3.03. The summed E-state index contributed by atoms with van der Waals surface area (Å²) in [5.41, 5.74) is 8.81. The molecule has 0 radical (unpaired) electrons. The molecule has 6 heteroatoms. The molecule has 142 valence electrons. The fourth-order valence-electron chi connectivity index (χ4n) is 3.97. The molecule has 2 aromatic rings. The van der Waals surface area contributed by atoms with Gasteiger partial charge in [0.1, 0.15) is 0 Å². The van der Waals surface area contributed by atoms with Gasteiger partial charge in [-0.15, -0.1) is 5.92 Å². The van der Waals surface area contributed by atoms with E-state index in [1.54, 1.807) is 32.6 Å². The number of hydrogen-bond acceptors (Lipinski definition) is 5. The molecule has 3 heterocycles. The summed E-state index contributed by atoms with van der Waals surface area (Å²) in [6, 6.07) is 5.88. The molecular weight excluding hydrogens is 350 g/mol. The van der Waals surface area contributed by atoms with Gasteiger partial charge in [-0.2, -0.15) is 0 Å². The van der Waals surface area contributed by atoms with Crippen LogP contribution in [-0.2, 0) is 10.3 Å². The molecule has 0 saturated heterocycles. The van der Waals surface area contributed by atoms with Crippen LogP contribution in [0, 0.1) is 23.7 Å². The molecule has 2 aliphatic rings. The van der Waals surface area contributed by atoms with E-state index in [-0.39, 0.29) is 17.8 Å². The third-order valence-corrected chi connectivity index (χ3v) is 5.63. The Morgan fingerprint density at radius 2 is 2.07 bits per heavy atom. The molecule has 28 heavy (non-hydrogen) atoms. The highest BCUT2D eigenvalue weighted by Crippen LogP contribution is 2.50. The minimum Gasteiger partial charge on any atom is -0.369 e. The highest BCUT2D eigenvalue weighted by atomic mass is 16.2. The van der Waals surface area contributed by atoms with E-state index in [4.69, 9.17) is 10.7 Å². The molecule has 2 N–H and O–H groups in total. The van der Waals surface area contributed by atoms with Crippen molar-refractivity contribution in [3.63, 3.8) is 0 Å². The van der Waals surface area contributed by atoms with Crippen molar-refractivity contribution in [2.45, 2.75) is 32.2 Å². The molecule has 1 fully saturated rings. The number of pyridine rings is 2. The van der Waals surface area contributed by atoms with Crippen LogP contribution >= 0.6 is 0 Å². The highest BCUT2D eigenvalue weighted by molar-refractivity contribution is 6.00. The van der Waals surface area contributed by atoms with E-state index in [1.165, 1.54) is 4.90 Å². The van der Waals surface area contributed by atoms with Crippen LogP contribution in [0.5, 0.6) is 0 Å². The second-order valence-electron chi connectivity index (χ2n) is 7.60. The van der Waals surface area contributed by atoms with E-state index in [2.05, 4.69) is 21.8 Å². The average molecular weight is 373 g/mol. The Hall–Kier alpha value is -3.20. The van der Waals surface area contributed by atoms with E-state index in [1.807, 2.05) is 25.1 Å². The number of aliphatic imine (C=N–C) groups is 1. The van der Waals surface area contributed by atoms with Crippen molar-refractivity contribution in [3.8, 4) is 23.1 Å². The fraction of sp³-hybridized carbons (Fsp3) is 0.364. The number of carbonyl (C=O) groups is 1. The van der Waals surface area contributed by atoms with Crippen LogP contribution in [0.2, 0.25) is 0 Å². The molecule has 2 atom stereocenters. The van der Waals surface area contributed by atoms with Gasteiger partial charge < -0.3 is 5.73 Å². The van der Waals surface area contributed by atoms with Gasteiger partial charge in [0.25, 0.3) is 0 Å². The van der Waals surface area contributed by atoms with Gasteiger partial charge >= 0.3 is 0 Å². The summed E-state index contributed by atoms with van der Waals surface area (Å²) < 4.78 is 0. The van der Waals surface area contributed by atoms with Crippen molar-refractivity contribution in [1.82, 2.24) is 14.9 Å². The molecule has 1 amide bonds. The van der Waals surface area contributed by atoms with Crippen molar-refractivity contribution in [3.05, 3.63) is 47.9 Å². The molecule has 4 rings (SSSR count). The Kier molecular flexibility index (Phi) is 4.38. The van der Waals surface area contributed by atoms with Crippen LogP contribution in [0.3, 0.4) is 0 Å². The van der Waals surface area contributed by atoms with Gasteiger partial charge in [-0.1, -0.05) is 5.92 Å². The molecule has 1 saturated carbocycles. The number of nitrogens with zero attached hydrogens (tertiary/aromatic N) is 4. The normalized spacial score (nSPS) is 24.4. The fourth-order valence-corrected chi connectivity index (χ4v) is 3.97. The lowest BCUT2D eigenvalue weighted by molar-refractivity contribution is -0.135. The molecular formula is C22H23N5O. The van der Waals surface area contributed by atoms with E-state index in [0.717, 1.165) is 35.2 Å². The maximum Gasteiger partial charge on any atom is 0.235 e. The molecule has 0 bridgehead atoms. The van der Waals surface area contributed by atoms with Crippen molar-refractivity contribution < 1.29 is 4.79 Å². The average Bonchev–Trinajstić information content (AvgIpc) is 3.52. The van der Waals surface area contributed by atoms with Gasteiger partial charge in [-0.3, -0.25) is 19.7 Å². The van der Waals surface area contributed by atoms with Gasteiger partial charge in [0.05, 0.1) is 17.2 Å². The second-order valence-corrected chi connectivity index (χ2v) is 7.60. The third-order valence-electron chi connectivity index (χ3n) is 5.63. The standard InChI is InChI=1S/C22H23N5O/c1-4-5-14-10-16(13-24-12-14)18-11-17(8-9-25-18)22(2)19(15-6-7-15)20(28)27(3)21(23)26-22/h8-13,15,19H,6-7H2,1-3H3,(H2,23,26)/t19-,22+/m0/s1. The Labute approximate surface area is 164 Å². The lowest BCUT2D eigenvalue weighted by atomic mass is 9.75. The van der Waals surface area contributed by atoms with E-state index >= 15 is 0 Å². The van der Waals surface area contributed by atoms with Crippen LogP contribution in [0.15, 0.2) is 41.8 Å². The summed E-state index contributed by atoms with van der Waals surface area (Å²) in [5.74, 6) is 6.33. The molecule has 1 aliphatic carbocycles. The largest absolute Gasteiger partial charge is 0.369 e. The van der Waals surface area contributed by atoms with Gasteiger partial charge in [-0.05, 0) is 56.4 Å². The number of aromatic nitrogens is 2. The number of amides is 1. The van der Waals surface area contributed by atoms with Crippen molar-refractivity contribution in [1.29, 1.82) is 0 Å². The Bertz CT molecular complexity index is 1030. The predicted octanol–water partition coefficient (Wildman–Crippen LogP) is 2.54. The van der Waals surface area contributed by atoms with E-state index < -0.39 is 5.54 Å². The Morgan fingerprint density at radius 3 is 2.79 bits per heavy atom. The van der Waals surface area contributed by atoms with Gasteiger partial charge in [0.2, 0.25) is 5.91 Å². The molecule has 0 spiro atoms. The maximum absolute atomic E-state index is 13.0. The summed E-state index contributed by atoms with van der Waals surface area (Å²) in [5, 5.41) is 0. The summed E-state index contributed by atoms with van der Waals surface area (Å²) in [6.45, 7) is 3.80. The molecule has 0 aromatic carbocycles. The van der Waals surface area contributed by atoms with Crippen LogP contribution < -0.4 is 5.73 Å². The minimum atomic E-state index is -0.708. The van der Waals surface area contributed by atoms with Crippen LogP contribution in [0.25, 0.3) is 11.3 Å². The molecule has 2 aromatic heterocycles. The van der Waals surface area contributed by atoms with Crippen molar-refractivity contribution in [2.24, 2.45) is 22.6 Å². The van der Waals surface area contributed by atoms with Crippen molar-refractivity contribution >= 4 is 11.9 Å². The molecule has 0 unspecified atom stereocenters. The van der Waals surface area contributed by atoms with Crippen LogP contribution in [0.1, 0.15) is 37.8 Å². The highest BCUT2D eigenvalue weighted by Gasteiger charge is 2.53. The molecule has 1 aliphatic heterocycles. The molecule has 6 nitrogen and oxygen atoms in total. The number of nitrogens with two attached hydrogens (primary N) is 1.